The second-order valence-corrected chi connectivity index (χ2v) is 10.5. The molecule has 0 aliphatic heterocycles. The van der Waals surface area contributed by atoms with Crippen molar-refractivity contribution in [2.45, 2.75) is 4.90 Å². The Morgan fingerprint density at radius 1 is 0.625 bits per heavy atom. The lowest BCUT2D eigenvalue weighted by atomic mass is 10.1. The molecular formula is C30H25N5O4S. The van der Waals surface area contributed by atoms with Gasteiger partial charge < -0.3 is 20.9 Å². The fourth-order valence-corrected chi connectivity index (χ4v) is 5.05. The van der Waals surface area contributed by atoms with Gasteiger partial charge in [-0.25, -0.2) is 8.42 Å². The molecule has 0 saturated carbocycles. The summed E-state index contributed by atoms with van der Waals surface area (Å²) in [6.07, 6.45) is 0. The molecule has 10 heteroatoms. The first-order chi connectivity index (χ1) is 19.2. The monoisotopic (exact) mass is 551 g/mol. The minimum Gasteiger partial charge on any atom is -0.457 e. The zero-order valence-electron chi connectivity index (χ0n) is 21.1. The van der Waals surface area contributed by atoms with E-state index < -0.39 is 10.0 Å². The number of sulfonamides is 1. The number of nitrogen functional groups attached to an aromatic ring is 2. The number of anilines is 1. The Morgan fingerprint density at radius 2 is 1.18 bits per heavy atom. The SMILES string of the molecule is N=C(N)c1ccc(Oc2ccc(NS(=O)(=O)c3ccc4ccccc4c3)c(Oc3ccc(C(=N)N)cc3)c2)cc1. The molecule has 5 aromatic rings. The Balaban J connectivity index is 1.48. The van der Waals surface area contributed by atoms with Crippen molar-refractivity contribution in [1.29, 1.82) is 10.8 Å². The summed E-state index contributed by atoms with van der Waals surface area (Å²) in [6, 6.07) is 30.4. The topological polar surface area (TPSA) is 164 Å². The van der Waals surface area contributed by atoms with Crippen molar-refractivity contribution in [3.8, 4) is 23.0 Å². The summed E-state index contributed by atoms with van der Waals surface area (Å²) in [5, 5.41) is 16.9. The number of hydrogen-bond acceptors (Lipinski definition) is 6. The molecule has 0 aliphatic carbocycles. The van der Waals surface area contributed by atoms with Gasteiger partial charge in [0.1, 0.15) is 28.9 Å². The van der Waals surface area contributed by atoms with Gasteiger partial charge in [0.2, 0.25) is 0 Å². The third-order valence-corrected chi connectivity index (χ3v) is 7.39. The van der Waals surface area contributed by atoms with Crippen LogP contribution in [0, 0.1) is 10.8 Å². The quantitative estimate of drug-likeness (QED) is 0.115. The van der Waals surface area contributed by atoms with Gasteiger partial charge in [-0.3, -0.25) is 15.5 Å². The van der Waals surface area contributed by atoms with Gasteiger partial charge in [0.15, 0.2) is 5.75 Å². The van der Waals surface area contributed by atoms with Crippen LogP contribution in [0.2, 0.25) is 0 Å². The van der Waals surface area contributed by atoms with Gasteiger partial charge in [-0.2, -0.15) is 0 Å². The molecule has 5 aromatic carbocycles. The van der Waals surface area contributed by atoms with Crippen LogP contribution in [-0.2, 0) is 10.0 Å². The molecule has 0 aromatic heterocycles. The lowest BCUT2D eigenvalue weighted by molar-refractivity contribution is 0.461. The number of fused-ring (bicyclic) bond motifs is 1. The molecule has 0 spiro atoms. The molecule has 5 rings (SSSR count). The molecule has 9 nitrogen and oxygen atoms in total. The zero-order chi connectivity index (χ0) is 28.3. The van der Waals surface area contributed by atoms with E-state index >= 15 is 0 Å². The van der Waals surface area contributed by atoms with Crippen molar-refractivity contribution in [1.82, 2.24) is 0 Å². The van der Waals surface area contributed by atoms with E-state index in [1.165, 1.54) is 0 Å². The maximum absolute atomic E-state index is 13.4. The van der Waals surface area contributed by atoms with Crippen LogP contribution in [0.5, 0.6) is 23.0 Å². The maximum Gasteiger partial charge on any atom is 0.262 e. The van der Waals surface area contributed by atoms with Crippen molar-refractivity contribution in [3.05, 3.63) is 120 Å². The average molecular weight is 552 g/mol. The number of hydrogen-bond donors (Lipinski definition) is 5. The molecule has 0 bridgehead atoms. The Hall–Kier alpha value is -5.35. The number of amidine groups is 2. The molecular weight excluding hydrogens is 526 g/mol. The minimum atomic E-state index is -3.97. The van der Waals surface area contributed by atoms with Gasteiger partial charge >= 0.3 is 0 Å². The summed E-state index contributed by atoms with van der Waals surface area (Å²) in [5.41, 5.74) is 12.4. The van der Waals surface area contributed by atoms with Gasteiger partial charge in [0.05, 0.1) is 10.6 Å². The first-order valence-electron chi connectivity index (χ1n) is 12.1. The molecule has 0 heterocycles. The predicted octanol–water partition coefficient (Wildman–Crippen LogP) is 5.79. The Morgan fingerprint density at radius 3 is 1.77 bits per heavy atom. The van der Waals surface area contributed by atoms with Crippen molar-refractivity contribution in [2.75, 3.05) is 4.72 Å². The molecule has 0 fully saturated rings. The highest BCUT2D eigenvalue weighted by atomic mass is 32.2. The normalized spacial score (nSPS) is 11.1. The van der Waals surface area contributed by atoms with Crippen LogP contribution in [0.25, 0.3) is 10.8 Å². The van der Waals surface area contributed by atoms with Crippen molar-refractivity contribution < 1.29 is 17.9 Å². The lowest BCUT2D eigenvalue weighted by Gasteiger charge is -2.16. The molecule has 200 valence electrons. The smallest absolute Gasteiger partial charge is 0.262 e. The summed E-state index contributed by atoms with van der Waals surface area (Å²) in [4.78, 5) is 0.105. The summed E-state index contributed by atoms with van der Waals surface area (Å²) >= 11 is 0. The third-order valence-electron chi connectivity index (χ3n) is 6.02. The second-order valence-electron chi connectivity index (χ2n) is 8.85. The van der Waals surface area contributed by atoms with Crippen LogP contribution >= 0.6 is 0 Å². The third kappa shape index (κ3) is 5.87. The van der Waals surface area contributed by atoms with E-state index in [2.05, 4.69) is 4.72 Å². The van der Waals surface area contributed by atoms with E-state index in [4.69, 9.17) is 31.8 Å². The van der Waals surface area contributed by atoms with Crippen LogP contribution in [0.3, 0.4) is 0 Å². The fraction of sp³-hybridized carbons (Fsp3) is 0. The van der Waals surface area contributed by atoms with Gasteiger partial charge in [0, 0.05) is 17.2 Å². The molecule has 0 saturated heterocycles. The van der Waals surface area contributed by atoms with Crippen molar-refractivity contribution in [3.63, 3.8) is 0 Å². The Bertz CT molecular complexity index is 1840. The molecule has 0 unspecified atom stereocenters. The first-order valence-corrected chi connectivity index (χ1v) is 13.6. The van der Waals surface area contributed by atoms with Crippen LogP contribution in [0.4, 0.5) is 5.69 Å². The van der Waals surface area contributed by atoms with Crippen LogP contribution in [0.15, 0.2) is 114 Å². The molecule has 0 aliphatic rings. The standard InChI is InChI=1S/C30H25N5O4S/c31-29(32)20-5-10-23(11-6-20)38-25-14-16-27(28(18-25)39-24-12-7-21(8-13-24)30(33)34)35-40(36,37)26-15-9-19-3-1-2-4-22(19)17-26/h1-18,35H,(H3,31,32)(H3,33,34). The Kier molecular flexibility index (Phi) is 7.09. The first kappa shape index (κ1) is 26.3. The molecule has 0 amide bonds. The fourth-order valence-electron chi connectivity index (χ4n) is 3.94. The van der Waals surface area contributed by atoms with Crippen molar-refractivity contribution in [2.24, 2.45) is 11.5 Å². The van der Waals surface area contributed by atoms with Gasteiger partial charge in [-0.1, -0.05) is 30.3 Å². The van der Waals surface area contributed by atoms with E-state index in [0.717, 1.165) is 10.8 Å². The predicted molar refractivity (Wildman–Crippen MR) is 156 cm³/mol. The van der Waals surface area contributed by atoms with E-state index in [-0.39, 0.29) is 28.0 Å². The summed E-state index contributed by atoms with van der Waals surface area (Å²) in [6.45, 7) is 0. The van der Waals surface area contributed by atoms with Gasteiger partial charge in [-0.05, 0) is 83.6 Å². The molecule has 0 atom stereocenters. The highest BCUT2D eigenvalue weighted by Crippen LogP contribution is 2.36. The second kappa shape index (κ2) is 10.8. The van der Waals surface area contributed by atoms with Crippen molar-refractivity contribution >= 4 is 38.2 Å². The van der Waals surface area contributed by atoms with Crippen LogP contribution in [0.1, 0.15) is 11.1 Å². The number of rotatable bonds is 9. The van der Waals surface area contributed by atoms with Crippen LogP contribution < -0.4 is 25.7 Å². The van der Waals surface area contributed by atoms with E-state index in [1.807, 2.05) is 24.3 Å². The number of nitrogens with two attached hydrogens (primary N) is 2. The zero-order valence-corrected chi connectivity index (χ0v) is 21.9. The van der Waals surface area contributed by atoms with Gasteiger partial charge in [-0.15, -0.1) is 0 Å². The highest BCUT2D eigenvalue weighted by molar-refractivity contribution is 7.92. The van der Waals surface area contributed by atoms with Gasteiger partial charge in [0.25, 0.3) is 10.0 Å². The number of nitrogens with one attached hydrogen (secondary N) is 3. The lowest BCUT2D eigenvalue weighted by Crippen LogP contribution is -2.13. The number of benzene rings is 5. The van der Waals surface area contributed by atoms with E-state index in [0.29, 0.717) is 28.4 Å². The minimum absolute atomic E-state index is 0.0546. The summed E-state index contributed by atoms with van der Waals surface area (Å²) < 4.78 is 41.4. The highest BCUT2D eigenvalue weighted by Gasteiger charge is 2.19. The largest absolute Gasteiger partial charge is 0.457 e. The summed E-state index contributed by atoms with van der Waals surface area (Å²) in [5.74, 6) is 1.34. The van der Waals surface area contributed by atoms with E-state index in [9.17, 15) is 8.42 Å². The number of ether oxygens (including phenoxy) is 2. The molecule has 7 N–H and O–H groups in total. The van der Waals surface area contributed by atoms with Crippen LogP contribution in [-0.4, -0.2) is 20.1 Å². The average Bonchev–Trinajstić information content (AvgIpc) is 2.94. The van der Waals surface area contributed by atoms with E-state index in [1.54, 1.807) is 84.9 Å². The maximum atomic E-state index is 13.4. The molecule has 40 heavy (non-hydrogen) atoms. The summed E-state index contributed by atoms with van der Waals surface area (Å²) in [7, 11) is -3.97. The molecule has 0 radical (unpaired) electrons. The Labute approximate surface area is 231 Å².